The van der Waals surface area contributed by atoms with E-state index in [0.29, 0.717) is 6.23 Å². The Bertz CT molecular complexity index is 155. The average Bonchev–Trinajstić information content (AvgIpc) is 1.79. The van der Waals surface area contributed by atoms with E-state index >= 15 is 0 Å². The summed E-state index contributed by atoms with van der Waals surface area (Å²) in [5.41, 5.74) is 0. The molecule has 1 aliphatic heterocycles. The Hall–Kier alpha value is -0.353. The van der Waals surface area contributed by atoms with E-state index in [1.807, 2.05) is 13.1 Å². The molecule has 3 nitrogen and oxygen atoms in total. The normalized spacial score (nSPS) is 31.5. The van der Waals surface area contributed by atoms with Crippen LogP contribution < -0.4 is 0 Å². The van der Waals surface area contributed by atoms with Gasteiger partial charge in [0.25, 0.3) is 8.32 Å². The number of hydrogen-bond donors (Lipinski definition) is 0. The third-order valence-electron chi connectivity index (χ3n) is 1.39. The summed E-state index contributed by atoms with van der Waals surface area (Å²) in [4.78, 5) is 10.9. The van der Waals surface area contributed by atoms with Crippen LogP contribution in [0.15, 0.2) is 0 Å². The van der Waals surface area contributed by atoms with Crippen molar-refractivity contribution in [2.24, 2.45) is 0 Å². The van der Waals surface area contributed by atoms with Crippen LogP contribution in [-0.2, 0) is 14.0 Å². The van der Waals surface area contributed by atoms with Crippen LogP contribution in [0, 0.1) is 0 Å². The van der Waals surface area contributed by atoms with Gasteiger partial charge < -0.3 is 9.16 Å². The predicted molar refractivity (Wildman–Crippen MR) is 39.0 cm³/mol. The van der Waals surface area contributed by atoms with Gasteiger partial charge in [0, 0.05) is 0 Å². The van der Waals surface area contributed by atoms with Crippen LogP contribution in [0.3, 0.4) is 0 Å². The molecule has 0 spiro atoms. The average molecular weight is 160 g/mol. The highest BCUT2D eigenvalue weighted by molar-refractivity contribution is 6.72. The standard InChI is InChI=1S/C6H12O3Si/c1-5-6(7)9-10(2,3)4-8-5/h5H,4H2,1-3H3. The largest absolute Gasteiger partial charge is 0.515 e. The summed E-state index contributed by atoms with van der Waals surface area (Å²) >= 11 is 0. The van der Waals surface area contributed by atoms with E-state index in [9.17, 15) is 4.79 Å². The van der Waals surface area contributed by atoms with Crippen molar-refractivity contribution in [3.8, 4) is 0 Å². The molecule has 1 atom stereocenters. The van der Waals surface area contributed by atoms with Crippen molar-refractivity contribution >= 4 is 14.3 Å². The van der Waals surface area contributed by atoms with Gasteiger partial charge in [0.15, 0.2) is 6.10 Å². The van der Waals surface area contributed by atoms with E-state index in [1.165, 1.54) is 0 Å². The van der Waals surface area contributed by atoms with E-state index < -0.39 is 8.32 Å². The second kappa shape index (κ2) is 2.36. The zero-order valence-electron chi connectivity index (χ0n) is 6.51. The van der Waals surface area contributed by atoms with Gasteiger partial charge in [0.05, 0.1) is 6.23 Å². The van der Waals surface area contributed by atoms with Crippen LogP contribution >= 0.6 is 0 Å². The first-order valence-corrected chi connectivity index (χ1v) is 6.47. The van der Waals surface area contributed by atoms with E-state index in [-0.39, 0.29) is 12.1 Å². The third-order valence-corrected chi connectivity index (χ3v) is 3.01. The third kappa shape index (κ3) is 1.57. The first kappa shape index (κ1) is 7.75. The minimum absolute atomic E-state index is 0.206. The first-order chi connectivity index (χ1) is 4.51. The van der Waals surface area contributed by atoms with Crippen molar-refractivity contribution in [3.63, 3.8) is 0 Å². The van der Waals surface area contributed by atoms with E-state index in [4.69, 9.17) is 9.16 Å². The molecule has 10 heavy (non-hydrogen) atoms. The van der Waals surface area contributed by atoms with Gasteiger partial charge in [-0.25, -0.2) is 0 Å². The summed E-state index contributed by atoms with van der Waals surface area (Å²) in [6, 6.07) is 0. The van der Waals surface area contributed by atoms with Gasteiger partial charge in [-0.05, 0) is 20.0 Å². The molecule has 58 valence electrons. The highest BCUT2D eigenvalue weighted by Gasteiger charge is 2.35. The quantitative estimate of drug-likeness (QED) is 0.489. The molecular formula is C6H12O3Si. The first-order valence-electron chi connectivity index (χ1n) is 3.36. The minimum atomic E-state index is -1.77. The van der Waals surface area contributed by atoms with E-state index in [2.05, 4.69) is 0 Å². The molecule has 4 heteroatoms. The molecule has 1 saturated heterocycles. The van der Waals surface area contributed by atoms with Gasteiger partial charge in [-0.15, -0.1) is 0 Å². The monoisotopic (exact) mass is 160 g/mol. The Kier molecular flexibility index (Phi) is 1.83. The minimum Gasteiger partial charge on any atom is -0.515 e. The van der Waals surface area contributed by atoms with Crippen LogP contribution in [0.4, 0.5) is 0 Å². The number of carbonyl (C=O) groups excluding carboxylic acids is 1. The number of carbonyl (C=O) groups is 1. The Morgan fingerprint density at radius 2 is 2.20 bits per heavy atom. The van der Waals surface area contributed by atoms with Crippen LogP contribution in [-0.4, -0.2) is 26.6 Å². The highest BCUT2D eigenvalue weighted by Crippen LogP contribution is 2.14. The molecule has 0 amide bonds. The van der Waals surface area contributed by atoms with Crippen molar-refractivity contribution in [2.75, 3.05) is 6.23 Å². The Morgan fingerprint density at radius 1 is 1.60 bits per heavy atom. The van der Waals surface area contributed by atoms with Gasteiger partial charge in [-0.2, -0.15) is 0 Å². The van der Waals surface area contributed by atoms with Crippen molar-refractivity contribution in [3.05, 3.63) is 0 Å². The number of rotatable bonds is 0. The van der Waals surface area contributed by atoms with Gasteiger partial charge >= 0.3 is 5.97 Å². The molecule has 1 unspecified atom stereocenters. The molecule has 1 rings (SSSR count). The van der Waals surface area contributed by atoms with Crippen LogP contribution in [0.25, 0.3) is 0 Å². The van der Waals surface area contributed by atoms with Crippen LogP contribution in [0.2, 0.25) is 13.1 Å². The Morgan fingerprint density at radius 3 is 2.60 bits per heavy atom. The second-order valence-electron chi connectivity index (χ2n) is 3.13. The lowest BCUT2D eigenvalue weighted by molar-refractivity contribution is -0.150. The van der Waals surface area contributed by atoms with Gasteiger partial charge in [-0.3, -0.25) is 4.79 Å². The Labute approximate surface area is 61.5 Å². The molecule has 1 heterocycles. The molecule has 0 aromatic heterocycles. The summed E-state index contributed by atoms with van der Waals surface area (Å²) < 4.78 is 10.4. The second-order valence-corrected chi connectivity index (χ2v) is 7.15. The summed E-state index contributed by atoms with van der Waals surface area (Å²) in [5, 5.41) is 0. The van der Waals surface area contributed by atoms with Gasteiger partial charge in [0.2, 0.25) is 0 Å². The summed E-state index contributed by atoms with van der Waals surface area (Å²) in [6.07, 6.45) is 0.264. The molecule has 0 N–H and O–H groups in total. The van der Waals surface area contributed by atoms with E-state index in [0.717, 1.165) is 0 Å². The molecule has 0 aromatic rings. The van der Waals surface area contributed by atoms with Crippen molar-refractivity contribution in [1.29, 1.82) is 0 Å². The molecule has 0 aromatic carbocycles. The lowest BCUT2D eigenvalue weighted by Crippen LogP contribution is -2.48. The lowest BCUT2D eigenvalue weighted by Gasteiger charge is -2.30. The summed E-state index contributed by atoms with van der Waals surface area (Å²) in [7, 11) is -1.77. The SMILES string of the molecule is CC1OC[Si](C)(C)OC1=O. The van der Waals surface area contributed by atoms with Crippen molar-refractivity contribution in [2.45, 2.75) is 26.1 Å². The fourth-order valence-electron chi connectivity index (χ4n) is 0.778. The number of hydrogen-bond acceptors (Lipinski definition) is 3. The number of ether oxygens (including phenoxy) is 1. The zero-order chi connectivity index (χ0) is 7.78. The van der Waals surface area contributed by atoms with Crippen LogP contribution in [0.5, 0.6) is 0 Å². The molecule has 0 bridgehead atoms. The van der Waals surface area contributed by atoms with E-state index in [1.54, 1.807) is 6.92 Å². The summed E-state index contributed by atoms with van der Waals surface area (Å²) in [6.45, 7) is 5.65. The maximum absolute atomic E-state index is 10.9. The van der Waals surface area contributed by atoms with Crippen molar-refractivity contribution in [1.82, 2.24) is 0 Å². The van der Waals surface area contributed by atoms with Crippen LogP contribution in [0.1, 0.15) is 6.92 Å². The van der Waals surface area contributed by atoms with Gasteiger partial charge in [0.1, 0.15) is 0 Å². The smallest absolute Gasteiger partial charge is 0.321 e. The molecule has 0 aliphatic carbocycles. The van der Waals surface area contributed by atoms with Gasteiger partial charge in [-0.1, -0.05) is 0 Å². The molecular weight excluding hydrogens is 148 g/mol. The molecule has 1 fully saturated rings. The maximum atomic E-state index is 10.9. The maximum Gasteiger partial charge on any atom is 0.321 e. The molecule has 1 aliphatic rings. The van der Waals surface area contributed by atoms with Crippen molar-refractivity contribution < 1.29 is 14.0 Å². The molecule has 0 radical (unpaired) electrons. The fraction of sp³-hybridized carbons (Fsp3) is 0.833. The molecule has 0 saturated carbocycles. The topological polar surface area (TPSA) is 35.5 Å². The fourth-order valence-corrected chi connectivity index (χ4v) is 2.20. The summed E-state index contributed by atoms with van der Waals surface area (Å²) in [5.74, 6) is -0.206. The highest BCUT2D eigenvalue weighted by atomic mass is 28.4. The predicted octanol–water partition coefficient (Wildman–Crippen LogP) is 0.693. The zero-order valence-corrected chi connectivity index (χ0v) is 7.51. The Balaban J connectivity index is 2.57. The lowest BCUT2D eigenvalue weighted by atomic mass is 10.4.